The molecule has 4 heteroatoms. The Balaban J connectivity index is 2.15. The predicted molar refractivity (Wildman–Crippen MR) is 71.0 cm³/mol. The zero-order valence-electron chi connectivity index (χ0n) is 9.64. The van der Waals surface area contributed by atoms with Gasteiger partial charge < -0.3 is 10.3 Å². The van der Waals surface area contributed by atoms with Crippen LogP contribution in [0, 0.1) is 0 Å². The molecular formula is C13H16ClN3. The van der Waals surface area contributed by atoms with Crippen molar-refractivity contribution in [3.05, 3.63) is 41.7 Å². The van der Waals surface area contributed by atoms with Crippen molar-refractivity contribution in [3.8, 4) is 11.4 Å². The third kappa shape index (κ3) is 3.08. The van der Waals surface area contributed by atoms with Gasteiger partial charge in [0.05, 0.1) is 0 Å². The van der Waals surface area contributed by atoms with Crippen molar-refractivity contribution in [3.63, 3.8) is 0 Å². The van der Waals surface area contributed by atoms with Gasteiger partial charge in [0.2, 0.25) is 0 Å². The summed E-state index contributed by atoms with van der Waals surface area (Å²) in [7, 11) is 0. The zero-order valence-corrected chi connectivity index (χ0v) is 10.4. The van der Waals surface area contributed by atoms with Crippen LogP contribution in [0.1, 0.15) is 12.8 Å². The second kappa shape index (κ2) is 5.84. The number of hydrogen-bond donors (Lipinski definition) is 1. The summed E-state index contributed by atoms with van der Waals surface area (Å²) in [6.45, 7) is 1.69. The minimum atomic E-state index is 0.741. The van der Waals surface area contributed by atoms with Crippen molar-refractivity contribution in [2.75, 3.05) is 6.54 Å². The van der Waals surface area contributed by atoms with Gasteiger partial charge in [-0.2, -0.15) is 0 Å². The smallest absolute Gasteiger partial charge is 0.139 e. The number of rotatable bonds is 5. The summed E-state index contributed by atoms with van der Waals surface area (Å²) in [6, 6.07) is 7.75. The molecule has 3 nitrogen and oxygen atoms in total. The lowest BCUT2D eigenvalue weighted by molar-refractivity contribution is 0.619. The van der Waals surface area contributed by atoms with Crippen LogP contribution in [-0.4, -0.2) is 16.1 Å². The molecule has 90 valence electrons. The van der Waals surface area contributed by atoms with E-state index in [2.05, 4.69) is 9.55 Å². The highest BCUT2D eigenvalue weighted by atomic mass is 35.5. The minimum absolute atomic E-state index is 0.741. The van der Waals surface area contributed by atoms with Gasteiger partial charge in [-0.15, -0.1) is 0 Å². The Morgan fingerprint density at radius 1 is 1.18 bits per heavy atom. The molecule has 0 aliphatic heterocycles. The average Bonchev–Trinajstić information content (AvgIpc) is 2.79. The lowest BCUT2D eigenvalue weighted by Gasteiger charge is -2.07. The standard InChI is InChI=1S/C13H16ClN3/c14-12-5-3-11(4-6-12)13-16-8-10-17(13)9-2-1-7-15/h3-6,8,10H,1-2,7,9,15H2. The van der Waals surface area contributed by atoms with Crippen LogP contribution >= 0.6 is 11.6 Å². The fourth-order valence-corrected chi connectivity index (χ4v) is 1.90. The van der Waals surface area contributed by atoms with E-state index >= 15 is 0 Å². The van der Waals surface area contributed by atoms with Crippen molar-refractivity contribution >= 4 is 11.6 Å². The molecule has 0 saturated heterocycles. The summed E-state index contributed by atoms with van der Waals surface area (Å²) < 4.78 is 2.15. The lowest BCUT2D eigenvalue weighted by atomic mass is 10.2. The summed E-state index contributed by atoms with van der Waals surface area (Å²) >= 11 is 5.87. The Hall–Kier alpha value is -1.32. The molecule has 1 aromatic heterocycles. The second-order valence-corrected chi connectivity index (χ2v) is 4.38. The third-order valence-electron chi connectivity index (χ3n) is 2.67. The van der Waals surface area contributed by atoms with E-state index < -0.39 is 0 Å². The molecule has 0 aliphatic carbocycles. The number of unbranched alkanes of at least 4 members (excludes halogenated alkanes) is 1. The van der Waals surface area contributed by atoms with Crippen LogP contribution in [0.5, 0.6) is 0 Å². The van der Waals surface area contributed by atoms with E-state index in [9.17, 15) is 0 Å². The summed E-state index contributed by atoms with van der Waals surface area (Å²) in [5.41, 5.74) is 6.58. The highest BCUT2D eigenvalue weighted by molar-refractivity contribution is 6.30. The van der Waals surface area contributed by atoms with Crippen LogP contribution in [0.25, 0.3) is 11.4 Å². The Labute approximate surface area is 106 Å². The van der Waals surface area contributed by atoms with Gasteiger partial charge in [0.15, 0.2) is 0 Å². The van der Waals surface area contributed by atoms with E-state index in [4.69, 9.17) is 17.3 Å². The quantitative estimate of drug-likeness (QED) is 0.828. The molecule has 2 rings (SSSR count). The van der Waals surface area contributed by atoms with Gasteiger partial charge in [-0.25, -0.2) is 4.98 Å². The van der Waals surface area contributed by atoms with E-state index in [-0.39, 0.29) is 0 Å². The molecule has 1 heterocycles. The van der Waals surface area contributed by atoms with Crippen molar-refractivity contribution in [2.45, 2.75) is 19.4 Å². The first-order valence-corrected chi connectivity index (χ1v) is 6.16. The minimum Gasteiger partial charge on any atom is -0.331 e. The fraction of sp³-hybridized carbons (Fsp3) is 0.308. The van der Waals surface area contributed by atoms with Gasteiger partial charge in [-0.05, 0) is 43.7 Å². The first-order chi connectivity index (χ1) is 8.31. The number of aromatic nitrogens is 2. The van der Waals surface area contributed by atoms with Gasteiger partial charge in [0, 0.05) is 29.5 Å². The number of halogens is 1. The topological polar surface area (TPSA) is 43.8 Å². The summed E-state index contributed by atoms with van der Waals surface area (Å²) in [4.78, 5) is 4.38. The third-order valence-corrected chi connectivity index (χ3v) is 2.92. The average molecular weight is 250 g/mol. The van der Waals surface area contributed by atoms with Crippen LogP contribution < -0.4 is 5.73 Å². The van der Waals surface area contributed by atoms with E-state index in [1.807, 2.05) is 36.7 Å². The molecule has 0 atom stereocenters. The Morgan fingerprint density at radius 3 is 2.65 bits per heavy atom. The molecule has 0 spiro atoms. The highest BCUT2D eigenvalue weighted by Gasteiger charge is 2.05. The maximum absolute atomic E-state index is 5.87. The largest absolute Gasteiger partial charge is 0.331 e. The van der Waals surface area contributed by atoms with Crippen LogP contribution in [-0.2, 0) is 6.54 Å². The lowest BCUT2D eigenvalue weighted by Crippen LogP contribution is -2.03. The molecule has 0 fully saturated rings. The van der Waals surface area contributed by atoms with E-state index in [0.29, 0.717) is 0 Å². The Bertz CT molecular complexity index is 462. The van der Waals surface area contributed by atoms with Crippen molar-refractivity contribution in [1.82, 2.24) is 9.55 Å². The molecular weight excluding hydrogens is 234 g/mol. The van der Waals surface area contributed by atoms with E-state index in [0.717, 1.165) is 42.3 Å². The summed E-state index contributed by atoms with van der Waals surface area (Å²) in [5.74, 6) is 0.985. The number of benzene rings is 1. The SMILES string of the molecule is NCCCCn1ccnc1-c1ccc(Cl)cc1. The highest BCUT2D eigenvalue weighted by Crippen LogP contribution is 2.20. The monoisotopic (exact) mass is 249 g/mol. The zero-order chi connectivity index (χ0) is 12.1. The molecule has 2 aromatic rings. The van der Waals surface area contributed by atoms with Crippen molar-refractivity contribution in [2.24, 2.45) is 5.73 Å². The molecule has 0 unspecified atom stereocenters. The second-order valence-electron chi connectivity index (χ2n) is 3.95. The number of nitrogens with zero attached hydrogens (tertiary/aromatic N) is 2. The van der Waals surface area contributed by atoms with Gasteiger partial charge in [-0.1, -0.05) is 11.6 Å². The first kappa shape index (κ1) is 12.1. The predicted octanol–water partition coefficient (Wildman–Crippen LogP) is 2.94. The molecule has 0 amide bonds. The molecule has 0 radical (unpaired) electrons. The number of hydrogen-bond acceptors (Lipinski definition) is 2. The van der Waals surface area contributed by atoms with Crippen LogP contribution in [0.4, 0.5) is 0 Å². The molecule has 17 heavy (non-hydrogen) atoms. The van der Waals surface area contributed by atoms with Gasteiger partial charge in [0.25, 0.3) is 0 Å². The van der Waals surface area contributed by atoms with Gasteiger partial charge in [0.1, 0.15) is 5.82 Å². The molecule has 0 aliphatic rings. The van der Waals surface area contributed by atoms with Crippen molar-refractivity contribution in [1.29, 1.82) is 0 Å². The molecule has 2 N–H and O–H groups in total. The summed E-state index contributed by atoms with van der Waals surface area (Å²) in [6.07, 6.45) is 5.94. The molecule has 0 saturated carbocycles. The maximum Gasteiger partial charge on any atom is 0.139 e. The number of imidazole rings is 1. The molecule has 1 aromatic carbocycles. The molecule has 0 bridgehead atoms. The van der Waals surface area contributed by atoms with E-state index in [1.165, 1.54) is 0 Å². The Morgan fingerprint density at radius 2 is 1.94 bits per heavy atom. The van der Waals surface area contributed by atoms with Crippen molar-refractivity contribution < 1.29 is 0 Å². The Kier molecular flexibility index (Phi) is 4.18. The first-order valence-electron chi connectivity index (χ1n) is 5.78. The number of nitrogens with two attached hydrogens (primary N) is 1. The normalized spacial score (nSPS) is 10.7. The fourth-order valence-electron chi connectivity index (χ4n) is 1.78. The van der Waals surface area contributed by atoms with Crippen LogP contribution in [0.15, 0.2) is 36.7 Å². The summed E-state index contributed by atoms with van der Waals surface area (Å²) in [5, 5.41) is 0.745. The van der Waals surface area contributed by atoms with Gasteiger partial charge in [-0.3, -0.25) is 0 Å². The van der Waals surface area contributed by atoms with Gasteiger partial charge >= 0.3 is 0 Å². The van der Waals surface area contributed by atoms with E-state index in [1.54, 1.807) is 0 Å². The van der Waals surface area contributed by atoms with Crippen LogP contribution in [0.3, 0.4) is 0 Å². The maximum atomic E-state index is 5.87. The van der Waals surface area contributed by atoms with Crippen LogP contribution in [0.2, 0.25) is 5.02 Å². The number of aryl methyl sites for hydroxylation is 1.